The first-order valence-electron chi connectivity index (χ1n) is 11.1. The molecule has 2 rings (SSSR count). The van der Waals surface area contributed by atoms with Crippen LogP contribution in [0.5, 0.6) is 17.2 Å². The molecule has 0 aromatic heterocycles. The van der Waals surface area contributed by atoms with Gasteiger partial charge in [0.05, 0.1) is 13.2 Å². The molecule has 0 saturated carbocycles. The highest BCUT2D eigenvalue weighted by Crippen LogP contribution is 2.37. The van der Waals surface area contributed by atoms with E-state index in [0.29, 0.717) is 40.6 Å². The van der Waals surface area contributed by atoms with Gasteiger partial charge in [-0.1, -0.05) is 24.8 Å². The average molecular weight is 480 g/mol. The maximum Gasteiger partial charge on any atom is 0.338 e. The average Bonchev–Trinajstić information content (AvgIpc) is 2.79. The summed E-state index contributed by atoms with van der Waals surface area (Å²) in [6.07, 6.45) is 1.95. The fourth-order valence-electron chi connectivity index (χ4n) is 2.99. The number of hydrogen-bond acceptors (Lipinski definition) is 7. The molecule has 186 valence electrons. The number of carbonyl (C=O) groups excluding carboxylic acids is 2. The first-order valence-corrected chi connectivity index (χ1v) is 11.1. The van der Waals surface area contributed by atoms with Crippen LogP contribution in [0.25, 0.3) is 11.1 Å². The molecule has 0 aliphatic heterocycles. The molecule has 35 heavy (non-hydrogen) atoms. The van der Waals surface area contributed by atoms with Crippen molar-refractivity contribution in [1.29, 1.82) is 0 Å². The number of carbonyl (C=O) groups is 2. The number of hydroxylamine groups is 1. The Bertz CT molecular complexity index is 1140. The monoisotopic (exact) mass is 479 g/mol. The normalized spacial score (nSPS) is 11.3. The maximum atomic E-state index is 12.2. The zero-order valence-corrected chi connectivity index (χ0v) is 21.2. The first kappa shape index (κ1) is 27.6. The van der Waals surface area contributed by atoms with Crippen molar-refractivity contribution < 1.29 is 28.6 Å². The highest BCUT2D eigenvalue weighted by molar-refractivity contribution is 5.90. The maximum absolute atomic E-state index is 12.2. The Morgan fingerprint density at radius 3 is 2.20 bits per heavy atom. The number of rotatable bonds is 11. The van der Waals surface area contributed by atoms with Gasteiger partial charge in [-0.3, -0.25) is 0 Å². The molecule has 7 heteroatoms. The Balaban J connectivity index is 2.55. The van der Waals surface area contributed by atoms with Crippen molar-refractivity contribution in [2.75, 3.05) is 13.7 Å². The Hall–Kier alpha value is -3.68. The molecule has 0 heterocycles. The molecular formula is C28H33NO6. The van der Waals surface area contributed by atoms with E-state index >= 15 is 0 Å². The van der Waals surface area contributed by atoms with E-state index in [9.17, 15) is 9.59 Å². The van der Waals surface area contributed by atoms with Crippen LogP contribution in [0.3, 0.4) is 0 Å². The van der Waals surface area contributed by atoms with Crippen molar-refractivity contribution in [3.63, 3.8) is 0 Å². The minimum Gasteiger partial charge on any atom is -0.489 e. The molecule has 0 fully saturated rings. The van der Waals surface area contributed by atoms with Gasteiger partial charge in [-0.2, -0.15) is 5.48 Å². The Labute approximate surface area is 207 Å². The van der Waals surface area contributed by atoms with Crippen LogP contribution in [0.15, 0.2) is 72.4 Å². The van der Waals surface area contributed by atoms with Gasteiger partial charge in [0.15, 0.2) is 0 Å². The van der Waals surface area contributed by atoms with Gasteiger partial charge in [-0.25, -0.2) is 9.59 Å². The number of ether oxygens (including phenoxy) is 3. The summed E-state index contributed by atoms with van der Waals surface area (Å²) in [7, 11) is 1.51. The standard InChI is InChI=1S/C28H33NO6/c1-17(2)13-14-33-26-16-22(34-27(30)18(3)4)10-11-23(26)21-9-12-25(35-28(31)19(5)6)24(15-21)20(7)29-32-8/h9-13,15-16,20,29H,3,5,14H2,1-2,4,6-8H3. The van der Waals surface area contributed by atoms with Crippen LogP contribution in [0.1, 0.15) is 46.2 Å². The fraction of sp³-hybridized carbons (Fsp3) is 0.286. The molecule has 7 nitrogen and oxygen atoms in total. The van der Waals surface area contributed by atoms with Gasteiger partial charge in [0.25, 0.3) is 0 Å². The van der Waals surface area contributed by atoms with Crippen LogP contribution in [0.4, 0.5) is 0 Å². The third kappa shape index (κ3) is 7.95. The number of allylic oxidation sites excluding steroid dienone is 1. The smallest absolute Gasteiger partial charge is 0.338 e. The van der Waals surface area contributed by atoms with Gasteiger partial charge in [-0.15, -0.1) is 0 Å². The van der Waals surface area contributed by atoms with Gasteiger partial charge < -0.3 is 19.0 Å². The molecule has 0 aliphatic carbocycles. The van der Waals surface area contributed by atoms with Gasteiger partial charge >= 0.3 is 11.9 Å². The summed E-state index contributed by atoms with van der Waals surface area (Å²) in [6, 6.07) is 10.3. The van der Waals surface area contributed by atoms with Crippen LogP contribution in [0, 0.1) is 0 Å². The van der Waals surface area contributed by atoms with Crippen molar-refractivity contribution in [1.82, 2.24) is 5.48 Å². The van der Waals surface area contributed by atoms with Crippen LogP contribution in [-0.2, 0) is 14.4 Å². The molecule has 0 radical (unpaired) electrons. The van der Waals surface area contributed by atoms with Gasteiger partial charge in [0.1, 0.15) is 23.9 Å². The second-order valence-corrected chi connectivity index (χ2v) is 8.39. The summed E-state index contributed by atoms with van der Waals surface area (Å²) in [5.74, 6) is 0.226. The number of nitrogens with one attached hydrogen (secondary N) is 1. The molecule has 1 unspecified atom stereocenters. The highest BCUT2D eigenvalue weighted by atomic mass is 16.6. The van der Waals surface area contributed by atoms with E-state index in [1.54, 1.807) is 32.0 Å². The van der Waals surface area contributed by atoms with Gasteiger partial charge in [0, 0.05) is 28.3 Å². The minimum absolute atomic E-state index is 0.293. The summed E-state index contributed by atoms with van der Waals surface area (Å²) in [4.78, 5) is 29.2. The number of esters is 2. The molecule has 1 N–H and O–H groups in total. The molecule has 2 aromatic rings. The second-order valence-electron chi connectivity index (χ2n) is 8.39. The van der Waals surface area contributed by atoms with Crippen molar-refractivity contribution >= 4 is 11.9 Å². The lowest BCUT2D eigenvalue weighted by atomic mass is 9.98. The topological polar surface area (TPSA) is 83.1 Å². The van der Waals surface area contributed by atoms with Crippen molar-refractivity contribution in [3.05, 3.63) is 77.9 Å². The Morgan fingerprint density at radius 2 is 1.60 bits per heavy atom. The minimum atomic E-state index is -0.516. The molecule has 1 atom stereocenters. The van der Waals surface area contributed by atoms with Crippen molar-refractivity contribution in [2.24, 2.45) is 0 Å². The van der Waals surface area contributed by atoms with E-state index in [2.05, 4.69) is 18.6 Å². The number of benzene rings is 2. The molecule has 0 aliphatic rings. The predicted molar refractivity (Wildman–Crippen MR) is 136 cm³/mol. The van der Waals surface area contributed by atoms with E-state index in [4.69, 9.17) is 19.0 Å². The van der Waals surface area contributed by atoms with Crippen LogP contribution < -0.4 is 19.7 Å². The lowest BCUT2D eigenvalue weighted by molar-refractivity contribution is -0.131. The molecule has 2 aromatic carbocycles. The van der Waals surface area contributed by atoms with Crippen LogP contribution >= 0.6 is 0 Å². The van der Waals surface area contributed by atoms with Crippen LogP contribution in [-0.4, -0.2) is 25.7 Å². The van der Waals surface area contributed by atoms with Crippen molar-refractivity contribution in [3.8, 4) is 28.4 Å². The molecule has 0 amide bonds. The summed E-state index contributed by atoms with van der Waals surface area (Å²) >= 11 is 0. The van der Waals surface area contributed by atoms with E-state index in [0.717, 1.165) is 16.7 Å². The first-order chi connectivity index (χ1) is 16.5. The van der Waals surface area contributed by atoms with Crippen molar-refractivity contribution in [2.45, 2.75) is 40.7 Å². The summed E-state index contributed by atoms with van der Waals surface area (Å²) in [5, 5.41) is 0. The van der Waals surface area contributed by atoms with E-state index in [1.807, 2.05) is 45.0 Å². The van der Waals surface area contributed by atoms with Gasteiger partial charge in [-0.05, 0) is 70.5 Å². The molecule has 0 bridgehead atoms. The van der Waals surface area contributed by atoms with E-state index in [-0.39, 0.29) is 6.04 Å². The summed E-state index contributed by atoms with van der Waals surface area (Å²) < 4.78 is 17.0. The zero-order chi connectivity index (χ0) is 26.1. The fourth-order valence-corrected chi connectivity index (χ4v) is 2.99. The second kappa shape index (κ2) is 12.7. The third-order valence-corrected chi connectivity index (χ3v) is 4.88. The predicted octanol–water partition coefficient (Wildman–Crippen LogP) is 5.87. The highest BCUT2D eigenvalue weighted by Gasteiger charge is 2.18. The SMILES string of the molecule is C=C(C)C(=O)Oc1ccc(-c2ccc(OC(=O)C(=C)C)c(C(C)NOC)c2)c(OCC=C(C)C)c1. The van der Waals surface area contributed by atoms with Crippen LogP contribution in [0.2, 0.25) is 0 Å². The quantitative estimate of drug-likeness (QED) is 0.142. The van der Waals surface area contributed by atoms with E-state index < -0.39 is 11.9 Å². The van der Waals surface area contributed by atoms with Gasteiger partial charge in [0.2, 0.25) is 0 Å². The summed E-state index contributed by atoms with van der Waals surface area (Å²) in [5.41, 5.74) is 6.85. The molecule has 0 spiro atoms. The molecule has 0 saturated heterocycles. The van der Waals surface area contributed by atoms with E-state index in [1.165, 1.54) is 7.11 Å². The molecular weight excluding hydrogens is 446 g/mol. The third-order valence-electron chi connectivity index (χ3n) is 4.88. The Morgan fingerprint density at radius 1 is 0.943 bits per heavy atom. The lowest BCUT2D eigenvalue weighted by Crippen LogP contribution is -2.19. The Kier molecular flexibility index (Phi) is 9.99. The largest absolute Gasteiger partial charge is 0.489 e. The number of hydrogen-bond donors (Lipinski definition) is 1. The lowest BCUT2D eigenvalue weighted by Gasteiger charge is -2.19. The summed E-state index contributed by atoms with van der Waals surface area (Å²) in [6.45, 7) is 16.6. The zero-order valence-electron chi connectivity index (χ0n) is 21.2.